The summed E-state index contributed by atoms with van der Waals surface area (Å²) in [5, 5.41) is 8.73. The maximum Gasteiger partial charge on any atom is 0.323 e. The van der Waals surface area contributed by atoms with E-state index in [2.05, 4.69) is 0 Å². The van der Waals surface area contributed by atoms with E-state index in [1.165, 1.54) is 12.0 Å². The molecule has 100 valence electrons. The minimum Gasteiger partial charge on any atom is -0.480 e. The fourth-order valence-electron chi connectivity index (χ4n) is 1.50. The van der Waals surface area contributed by atoms with Crippen molar-refractivity contribution in [2.45, 2.75) is 12.8 Å². The average molecular weight is 255 g/mol. The number of carboxylic acid groups (broad SMARTS) is 1. The summed E-state index contributed by atoms with van der Waals surface area (Å²) in [5.41, 5.74) is 0. The van der Waals surface area contributed by atoms with E-state index in [9.17, 15) is 9.59 Å². The number of aryl methyl sites for hydroxylation is 1. The molecule has 1 rings (SSSR count). The lowest BCUT2D eigenvalue weighted by atomic mass is 10.2. The third kappa shape index (κ3) is 5.01. The Morgan fingerprint density at radius 1 is 1.50 bits per heavy atom. The Balaban J connectivity index is 2.44. The van der Waals surface area contributed by atoms with Gasteiger partial charge in [0.1, 0.15) is 12.3 Å². The molecule has 0 radical (unpaired) electrons. The molecule has 0 saturated carbocycles. The van der Waals surface area contributed by atoms with Crippen LogP contribution >= 0.6 is 0 Å². The fourth-order valence-corrected chi connectivity index (χ4v) is 1.50. The van der Waals surface area contributed by atoms with Gasteiger partial charge in [0, 0.05) is 26.5 Å². The van der Waals surface area contributed by atoms with Crippen LogP contribution in [0.15, 0.2) is 22.8 Å². The number of amides is 1. The number of methoxy groups -OCH3 is 1. The zero-order chi connectivity index (χ0) is 13.4. The van der Waals surface area contributed by atoms with Crippen LogP contribution in [0.3, 0.4) is 0 Å². The average Bonchev–Trinajstić information content (AvgIpc) is 2.84. The minimum absolute atomic E-state index is 0.217. The molecule has 0 unspecified atom stereocenters. The summed E-state index contributed by atoms with van der Waals surface area (Å²) < 4.78 is 9.96. The number of carboxylic acids is 1. The second kappa shape index (κ2) is 7.50. The number of carbonyl (C=O) groups excluding carboxylic acids is 1. The molecule has 0 spiro atoms. The summed E-state index contributed by atoms with van der Waals surface area (Å²) in [6, 6.07) is 3.53. The van der Waals surface area contributed by atoms with Crippen molar-refractivity contribution in [2.75, 3.05) is 26.8 Å². The van der Waals surface area contributed by atoms with E-state index in [1.807, 2.05) is 0 Å². The van der Waals surface area contributed by atoms with Gasteiger partial charge < -0.3 is 19.2 Å². The smallest absolute Gasteiger partial charge is 0.323 e. The molecular weight excluding hydrogens is 238 g/mol. The number of aliphatic carboxylic acids is 1. The molecule has 0 fully saturated rings. The highest BCUT2D eigenvalue weighted by Gasteiger charge is 2.16. The van der Waals surface area contributed by atoms with E-state index in [-0.39, 0.29) is 25.4 Å². The summed E-state index contributed by atoms with van der Waals surface area (Å²) in [6.07, 6.45) is 2.24. The lowest BCUT2D eigenvalue weighted by molar-refractivity contribution is -0.144. The molecule has 0 bridgehead atoms. The van der Waals surface area contributed by atoms with Crippen molar-refractivity contribution in [3.8, 4) is 0 Å². The van der Waals surface area contributed by atoms with Crippen LogP contribution in [0.2, 0.25) is 0 Å². The Kier molecular flexibility index (Phi) is 5.93. The van der Waals surface area contributed by atoms with Gasteiger partial charge in [-0.3, -0.25) is 9.59 Å². The number of carbonyl (C=O) groups is 2. The topological polar surface area (TPSA) is 80.0 Å². The third-order valence-corrected chi connectivity index (χ3v) is 2.41. The van der Waals surface area contributed by atoms with Crippen molar-refractivity contribution in [3.05, 3.63) is 24.2 Å². The SMILES string of the molecule is COCCN(CC(=O)O)C(=O)CCc1ccco1. The summed E-state index contributed by atoms with van der Waals surface area (Å²) in [7, 11) is 1.51. The first-order chi connectivity index (χ1) is 8.63. The normalized spacial score (nSPS) is 10.3. The molecule has 6 heteroatoms. The molecule has 6 nitrogen and oxygen atoms in total. The minimum atomic E-state index is -1.03. The standard InChI is InChI=1S/C12H17NO5/c1-17-8-6-13(9-12(15)16)11(14)5-4-10-3-2-7-18-10/h2-3,7H,4-6,8-9H2,1H3,(H,15,16). The van der Waals surface area contributed by atoms with Gasteiger partial charge in [-0.05, 0) is 12.1 Å². The molecule has 1 heterocycles. The van der Waals surface area contributed by atoms with Crippen molar-refractivity contribution in [1.82, 2.24) is 4.90 Å². The van der Waals surface area contributed by atoms with Crippen LogP contribution < -0.4 is 0 Å². The number of hydrogen-bond acceptors (Lipinski definition) is 4. The van der Waals surface area contributed by atoms with E-state index in [4.69, 9.17) is 14.3 Å². The third-order valence-electron chi connectivity index (χ3n) is 2.41. The van der Waals surface area contributed by atoms with Crippen LogP contribution in [0.5, 0.6) is 0 Å². The quantitative estimate of drug-likeness (QED) is 0.742. The van der Waals surface area contributed by atoms with E-state index in [0.29, 0.717) is 18.8 Å². The number of rotatable bonds is 8. The summed E-state index contributed by atoms with van der Waals surface area (Å²) in [4.78, 5) is 23.8. The number of hydrogen-bond donors (Lipinski definition) is 1. The van der Waals surface area contributed by atoms with Crippen LogP contribution in [-0.4, -0.2) is 48.7 Å². The molecule has 0 atom stereocenters. The van der Waals surface area contributed by atoms with E-state index in [0.717, 1.165) is 0 Å². The Bertz CT molecular complexity index is 374. The van der Waals surface area contributed by atoms with Crippen LogP contribution in [0.4, 0.5) is 0 Å². The van der Waals surface area contributed by atoms with Gasteiger partial charge in [-0.15, -0.1) is 0 Å². The molecule has 1 aromatic rings. The molecule has 1 aromatic heterocycles. The number of nitrogens with zero attached hydrogens (tertiary/aromatic N) is 1. The van der Waals surface area contributed by atoms with Gasteiger partial charge in [0.25, 0.3) is 0 Å². The number of ether oxygens (including phenoxy) is 1. The van der Waals surface area contributed by atoms with Crippen molar-refractivity contribution in [1.29, 1.82) is 0 Å². The maximum atomic E-state index is 11.8. The van der Waals surface area contributed by atoms with Crippen LogP contribution in [0, 0.1) is 0 Å². The molecule has 0 saturated heterocycles. The van der Waals surface area contributed by atoms with E-state index in [1.54, 1.807) is 18.4 Å². The highest BCUT2D eigenvalue weighted by atomic mass is 16.5. The second-order valence-electron chi connectivity index (χ2n) is 3.78. The van der Waals surface area contributed by atoms with Crippen molar-refractivity contribution in [3.63, 3.8) is 0 Å². The highest BCUT2D eigenvalue weighted by Crippen LogP contribution is 2.05. The monoisotopic (exact) mass is 255 g/mol. The molecule has 0 aliphatic carbocycles. The van der Waals surface area contributed by atoms with Gasteiger partial charge >= 0.3 is 5.97 Å². The summed E-state index contributed by atoms with van der Waals surface area (Å²) >= 11 is 0. The first-order valence-electron chi connectivity index (χ1n) is 5.64. The Hall–Kier alpha value is -1.82. The van der Waals surface area contributed by atoms with Gasteiger partial charge in [-0.25, -0.2) is 0 Å². The largest absolute Gasteiger partial charge is 0.480 e. The zero-order valence-electron chi connectivity index (χ0n) is 10.3. The fraction of sp³-hybridized carbons (Fsp3) is 0.500. The lowest BCUT2D eigenvalue weighted by Gasteiger charge is -2.19. The summed E-state index contributed by atoms with van der Waals surface area (Å²) in [6.45, 7) is 0.292. The second-order valence-corrected chi connectivity index (χ2v) is 3.78. The predicted octanol–water partition coefficient (Wildman–Crippen LogP) is 0.772. The zero-order valence-corrected chi connectivity index (χ0v) is 10.3. The molecule has 0 aliphatic heterocycles. The molecule has 1 N–H and O–H groups in total. The van der Waals surface area contributed by atoms with Crippen molar-refractivity contribution in [2.24, 2.45) is 0 Å². The van der Waals surface area contributed by atoms with Crippen molar-refractivity contribution >= 4 is 11.9 Å². The summed E-state index contributed by atoms with van der Waals surface area (Å²) in [5.74, 6) is -0.534. The van der Waals surface area contributed by atoms with Crippen LogP contribution in [0.25, 0.3) is 0 Å². The Morgan fingerprint density at radius 3 is 2.83 bits per heavy atom. The molecule has 18 heavy (non-hydrogen) atoms. The van der Waals surface area contributed by atoms with Gasteiger partial charge in [-0.2, -0.15) is 0 Å². The first-order valence-corrected chi connectivity index (χ1v) is 5.64. The molecule has 0 aromatic carbocycles. The van der Waals surface area contributed by atoms with Gasteiger partial charge in [0.2, 0.25) is 5.91 Å². The van der Waals surface area contributed by atoms with Gasteiger partial charge in [0.15, 0.2) is 0 Å². The molecule has 1 amide bonds. The van der Waals surface area contributed by atoms with Gasteiger partial charge in [0.05, 0.1) is 12.9 Å². The van der Waals surface area contributed by atoms with Crippen LogP contribution in [-0.2, 0) is 20.7 Å². The Labute approximate surface area is 105 Å². The van der Waals surface area contributed by atoms with Gasteiger partial charge in [-0.1, -0.05) is 0 Å². The maximum absolute atomic E-state index is 11.8. The van der Waals surface area contributed by atoms with E-state index >= 15 is 0 Å². The first kappa shape index (κ1) is 14.2. The Morgan fingerprint density at radius 2 is 2.28 bits per heavy atom. The molecular formula is C12H17NO5. The predicted molar refractivity (Wildman–Crippen MR) is 63.1 cm³/mol. The number of furan rings is 1. The van der Waals surface area contributed by atoms with Crippen LogP contribution in [0.1, 0.15) is 12.2 Å². The molecule has 0 aliphatic rings. The van der Waals surface area contributed by atoms with E-state index < -0.39 is 5.97 Å². The lowest BCUT2D eigenvalue weighted by Crippen LogP contribution is -2.38. The highest BCUT2D eigenvalue weighted by molar-refractivity contribution is 5.81. The van der Waals surface area contributed by atoms with Crippen molar-refractivity contribution < 1.29 is 23.8 Å².